The minimum atomic E-state index is -0.0715. The van der Waals surface area contributed by atoms with Gasteiger partial charge in [0, 0.05) is 32.6 Å². The van der Waals surface area contributed by atoms with Crippen LogP contribution in [0.15, 0.2) is 24.3 Å². The lowest BCUT2D eigenvalue weighted by Gasteiger charge is -2.31. The number of nitrogens with two attached hydrogens (primary N) is 1. The van der Waals surface area contributed by atoms with Gasteiger partial charge < -0.3 is 21.3 Å². The first-order valence-electron chi connectivity index (χ1n) is 8.34. The second kappa shape index (κ2) is 9.61. The van der Waals surface area contributed by atoms with Crippen molar-refractivity contribution in [3.05, 3.63) is 29.3 Å². The summed E-state index contributed by atoms with van der Waals surface area (Å²) in [6, 6.07) is 7.17. The van der Waals surface area contributed by atoms with E-state index in [4.69, 9.17) is 17.3 Å². The highest BCUT2D eigenvalue weighted by molar-refractivity contribution is 6.33. The van der Waals surface area contributed by atoms with Crippen LogP contribution in [0, 0.1) is 5.92 Å². The van der Waals surface area contributed by atoms with Crippen molar-refractivity contribution in [1.82, 2.24) is 10.2 Å². The van der Waals surface area contributed by atoms with Crippen molar-refractivity contribution in [3.63, 3.8) is 0 Å². The molecule has 2 rings (SSSR count). The summed E-state index contributed by atoms with van der Waals surface area (Å²) in [6.07, 6.45) is 2.23. The Kier molecular flexibility index (Phi) is 7.49. The molecule has 1 aromatic carbocycles. The number of amides is 2. The third kappa shape index (κ3) is 5.78. The second-order valence-electron chi connectivity index (χ2n) is 6.00. The number of anilines is 1. The van der Waals surface area contributed by atoms with Crippen LogP contribution in [0.2, 0.25) is 5.02 Å². The number of rotatable bonds is 7. The first kappa shape index (κ1) is 18.7. The molecule has 6 nitrogen and oxygen atoms in total. The highest BCUT2D eigenvalue weighted by atomic mass is 35.5. The van der Waals surface area contributed by atoms with Gasteiger partial charge >= 0.3 is 0 Å². The van der Waals surface area contributed by atoms with E-state index in [0.717, 1.165) is 19.4 Å². The molecule has 1 atom stereocenters. The maximum Gasteiger partial charge on any atom is 0.225 e. The predicted molar refractivity (Wildman–Crippen MR) is 95.9 cm³/mol. The summed E-state index contributed by atoms with van der Waals surface area (Å²) >= 11 is 6.03. The minimum Gasteiger partial charge on any atom is -0.355 e. The Morgan fingerprint density at radius 3 is 2.88 bits per heavy atom. The predicted octanol–water partition coefficient (Wildman–Crippen LogP) is 1.46. The fourth-order valence-corrected chi connectivity index (χ4v) is 3.03. The van der Waals surface area contributed by atoms with Crippen LogP contribution in [0.5, 0.6) is 0 Å². The van der Waals surface area contributed by atoms with E-state index in [2.05, 4.69) is 15.5 Å². The van der Waals surface area contributed by atoms with Gasteiger partial charge in [0.05, 0.1) is 16.6 Å². The van der Waals surface area contributed by atoms with Crippen molar-refractivity contribution in [3.8, 4) is 0 Å². The molecular formula is C17H25ClN4O2. The van der Waals surface area contributed by atoms with E-state index in [9.17, 15) is 9.59 Å². The number of para-hydroxylation sites is 1. The fraction of sp³-hybridized carbons (Fsp3) is 0.529. The Hall–Kier alpha value is -1.63. The lowest BCUT2D eigenvalue weighted by Crippen LogP contribution is -2.44. The Labute approximate surface area is 147 Å². The summed E-state index contributed by atoms with van der Waals surface area (Å²) in [5.41, 5.74) is 6.04. The average Bonchev–Trinajstić information content (AvgIpc) is 2.60. The summed E-state index contributed by atoms with van der Waals surface area (Å²) in [4.78, 5) is 26.3. The standard InChI is InChI=1S/C17H25ClN4O2/c18-14-5-1-2-6-15(14)21-16(23)7-11-22-10-3-4-13(12-22)17(24)20-9-8-19/h1-2,5-6,13H,3-4,7-12,19H2,(H,20,24)(H,21,23). The second-order valence-corrected chi connectivity index (χ2v) is 6.40. The van der Waals surface area contributed by atoms with E-state index in [1.54, 1.807) is 12.1 Å². The van der Waals surface area contributed by atoms with E-state index in [1.807, 2.05) is 12.1 Å². The molecule has 1 aliphatic rings. The molecule has 1 aromatic rings. The summed E-state index contributed by atoms with van der Waals surface area (Å²) in [6.45, 7) is 3.20. The highest BCUT2D eigenvalue weighted by Crippen LogP contribution is 2.21. The number of hydrogen-bond acceptors (Lipinski definition) is 4. The van der Waals surface area contributed by atoms with Gasteiger partial charge in [0.1, 0.15) is 0 Å². The fourth-order valence-electron chi connectivity index (χ4n) is 2.85. The van der Waals surface area contributed by atoms with Crippen LogP contribution in [-0.4, -0.2) is 49.4 Å². The maximum atomic E-state index is 12.1. The summed E-state index contributed by atoms with van der Waals surface area (Å²) in [5, 5.41) is 6.19. The molecular weight excluding hydrogens is 328 g/mol. The monoisotopic (exact) mass is 352 g/mol. The van der Waals surface area contributed by atoms with Gasteiger partial charge in [-0.2, -0.15) is 0 Å². The molecule has 0 radical (unpaired) electrons. The van der Waals surface area contributed by atoms with E-state index in [0.29, 0.717) is 43.3 Å². The molecule has 1 unspecified atom stereocenters. The van der Waals surface area contributed by atoms with Crippen LogP contribution in [0.3, 0.4) is 0 Å². The van der Waals surface area contributed by atoms with Gasteiger partial charge in [-0.25, -0.2) is 0 Å². The number of carbonyl (C=O) groups is 2. The molecule has 1 fully saturated rings. The maximum absolute atomic E-state index is 12.1. The molecule has 132 valence electrons. The van der Waals surface area contributed by atoms with E-state index < -0.39 is 0 Å². The van der Waals surface area contributed by atoms with Gasteiger partial charge in [-0.1, -0.05) is 23.7 Å². The Bertz CT molecular complexity index is 567. The largest absolute Gasteiger partial charge is 0.355 e. The lowest BCUT2D eigenvalue weighted by molar-refractivity contribution is -0.126. The molecule has 1 heterocycles. The smallest absolute Gasteiger partial charge is 0.225 e. The van der Waals surface area contributed by atoms with Crippen molar-refractivity contribution in [2.24, 2.45) is 11.7 Å². The summed E-state index contributed by atoms with van der Waals surface area (Å²) in [5.74, 6) is -0.0274. The number of halogens is 1. The molecule has 0 saturated carbocycles. The topological polar surface area (TPSA) is 87.5 Å². The zero-order chi connectivity index (χ0) is 17.4. The summed E-state index contributed by atoms with van der Waals surface area (Å²) in [7, 11) is 0. The van der Waals surface area contributed by atoms with Gasteiger partial charge in [0.15, 0.2) is 0 Å². The van der Waals surface area contributed by atoms with E-state index >= 15 is 0 Å². The van der Waals surface area contributed by atoms with Crippen LogP contribution in [-0.2, 0) is 9.59 Å². The van der Waals surface area contributed by atoms with E-state index in [1.165, 1.54) is 0 Å². The Balaban J connectivity index is 1.76. The van der Waals surface area contributed by atoms with Crippen LogP contribution >= 0.6 is 11.6 Å². The molecule has 7 heteroatoms. The van der Waals surface area contributed by atoms with Crippen LogP contribution in [0.25, 0.3) is 0 Å². The van der Waals surface area contributed by atoms with Gasteiger partial charge in [-0.3, -0.25) is 9.59 Å². The average molecular weight is 353 g/mol. The van der Waals surface area contributed by atoms with Crippen molar-refractivity contribution in [2.75, 3.05) is 38.0 Å². The van der Waals surface area contributed by atoms with E-state index in [-0.39, 0.29) is 17.7 Å². The quantitative estimate of drug-likeness (QED) is 0.693. The highest BCUT2D eigenvalue weighted by Gasteiger charge is 2.25. The first-order chi connectivity index (χ1) is 11.6. The molecule has 0 aromatic heterocycles. The summed E-state index contributed by atoms with van der Waals surface area (Å²) < 4.78 is 0. The van der Waals surface area contributed by atoms with Gasteiger partial charge in [0.25, 0.3) is 0 Å². The number of likely N-dealkylation sites (tertiary alicyclic amines) is 1. The zero-order valence-electron chi connectivity index (χ0n) is 13.8. The number of piperidine rings is 1. The number of nitrogens with one attached hydrogen (secondary N) is 2. The molecule has 2 amide bonds. The van der Waals surface area contributed by atoms with Crippen molar-refractivity contribution >= 4 is 29.1 Å². The molecule has 0 bridgehead atoms. The molecule has 1 aliphatic heterocycles. The number of benzene rings is 1. The third-order valence-electron chi connectivity index (χ3n) is 4.12. The lowest BCUT2D eigenvalue weighted by atomic mass is 9.97. The Morgan fingerprint density at radius 2 is 2.12 bits per heavy atom. The van der Waals surface area contributed by atoms with Crippen molar-refractivity contribution in [2.45, 2.75) is 19.3 Å². The molecule has 24 heavy (non-hydrogen) atoms. The van der Waals surface area contributed by atoms with Gasteiger partial charge in [-0.05, 0) is 31.5 Å². The van der Waals surface area contributed by atoms with Crippen LogP contribution in [0.1, 0.15) is 19.3 Å². The zero-order valence-corrected chi connectivity index (χ0v) is 14.5. The molecule has 0 spiro atoms. The van der Waals surface area contributed by atoms with Crippen LogP contribution in [0.4, 0.5) is 5.69 Å². The minimum absolute atomic E-state index is 0.0167. The SMILES string of the molecule is NCCNC(=O)C1CCCN(CCC(=O)Nc2ccccc2Cl)C1. The van der Waals surface area contributed by atoms with Crippen LogP contribution < -0.4 is 16.4 Å². The van der Waals surface area contributed by atoms with Crippen molar-refractivity contribution < 1.29 is 9.59 Å². The number of hydrogen-bond donors (Lipinski definition) is 3. The van der Waals surface area contributed by atoms with Crippen molar-refractivity contribution in [1.29, 1.82) is 0 Å². The first-order valence-corrected chi connectivity index (χ1v) is 8.72. The van der Waals surface area contributed by atoms with Gasteiger partial charge in [0.2, 0.25) is 11.8 Å². The molecule has 1 saturated heterocycles. The Morgan fingerprint density at radius 1 is 1.33 bits per heavy atom. The number of nitrogens with zero attached hydrogens (tertiary/aromatic N) is 1. The number of carbonyl (C=O) groups excluding carboxylic acids is 2. The normalized spacial score (nSPS) is 18.2. The van der Waals surface area contributed by atoms with Gasteiger partial charge in [-0.15, -0.1) is 0 Å². The molecule has 0 aliphatic carbocycles. The molecule has 4 N–H and O–H groups in total. The third-order valence-corrected chi connectivity index (χ3v) is 4.45.